The summed E-state index contributed by atoms with van der Waals surface area (Å²) in [5, 5.41) is 8.55. The maximum absolute atomic E-state index is 10.4. The first-order chi connectivity index (χ1) is 10.2. The van der Waals surface area contributed by atoms with Gasteiger partial charge < -0.3 is 9.84 Å². The molecule has 21 heavy (non-hydrogen) atoms. The maximum Gasteiger partial charge on any atom is 0.303 e. The summed E-state index contributed by atoms with van der Waals surface area (Å²) < 4.78 is 5.69. The summed E-state index contributed by atoms with van der Waals surface area (Å²) in [5.74, 6) is -0.676. The number of aliphatic carboxylic acids is 1. The summed E-state index contributed by atoms with van der Waals surface area (Å²) in [6.45, 7) is 2.26. The molecule has 1 N–H and O–H groups in total. The first kappa shape index (κ1) is 18.5. The van der Waals surface area contributed by atoms with E-state index in [4.69, 9.17) is 9.84 Å². The maximum atomic E-state index is 10.4. The van der Waals surface area contributed by atoms with Crippen molar-refractivity contribution in [1.29, 1.82) is 0 Å². The average molecular weight is 298 g/mol. The van der Waals surface area contributed by atoms with E-state index in [0.717, 1.165) is 25.7 Å². The Bertz CT molecular complexity index is 265. The average Bonchev–Trinajstić information content (AvgIpc) is 3.19. The van der Waals surface area contributed by atoms with Gasteiger partial charge in [0.2, 0.25) is 0 Å². The predicted octanol–water partition coefficient (Wildman–Crippen LogP) is 5.32. The molecule has 0 radical (unpaired) electrons. The van der Waals surface area contributed by atoms with Crippen LogP contribution in [-0.2, 0) is 9.53 Å². The molecule has 0 aromatic heterocycles. The molecule has 1 saturated heterocycles. The number of hydrogen-bond donors (Lipinski definition) is 1. The third kappa shape index (κ3) is 10.8. The van der Waals surface area contributed by atoms with Gasteiger partial charge in [0, 0.05) is 6.42 Å². The lowest BCUT2D eigenvalue weighted by molar-refractivity contribution is -0.137. The van der Waals surface area contributed by atoms with Crippen molar-refractivity contribution in [3.8, 4) is 0 Å². The van der Waals surface area contributed by atoms with Gasteiger partial charge >= 0.3 is 5.97 Å². The Morgan fingerprint density at radius 1 is 0.810 bits per heavy atom. The van der Waals surface area contributed by atoms with E-state index in [0.29, 0.717) is 18.6 Å². The molecular weight excluding hydrogens is 264 g/mol. The number of carboxylic acid groups (broad SMARTS) is 1. The Morgan fingerprint density at radius 2 is 1.29 bits per heavy atom. The van der Waals surface area contributed by atoms with Crippen LogP contribution in [0.25, 0.3) is 0 Å². The predicted molar refractivity (Wildman–Crippen MR) is 86.6 cm³/mol. The van der Waals surface area contributed by atoms with Crippen LogP contribution in [0.2, 0.25) is 0 Å². The molecule has 0 aromatic carbocycles. The van der Waals surface area contributed by atoms with Gasteiger partial charge in [-0.3, -0.25) is 4.79 Å². The van der Waals surface area contributed by atoms with E-state index in [1.54, 1.807) is 0 Å². The summed E-state index contributed by atoms with van der Waals surface area (Å²) in [7, 11) is 0. The van der Waals surface area contributed by atoms with Gasteiger partial charge in [-0.05, 0) is 19.3 Å². The molecule has 0 aliphatic carbocycles. The number of unbranched alkanes of at least 4 members (excludes halogenated alkanes) is 9. The van der Waals surface area contributed by atoms with Crippen LogP contribution in [0.5, 0.6) is 0 Å². The highest BCUT2D eigenvalue weighted by Gasteiger charge is 2.36. The van der Waals surface area contributed by atoms with E-state index < -0.39 is 5.97 Å². The molecule has 2 unspecified atom stereocenters. The SMILES string of the molecule is CCCCCCCCCCC1OC1CCCCCC(=O)O. The zero-order valence-electron chi connectivity index (χ0n) is 13.8. The molecular formula is C18H34O3. The van der Waals surface area contributed by atoms with Gasteiger partial charge in [-0.15, -0.1) is 0 Å². The third-order valence-corrected chi connectivity index (χ3v) is 4.41. The molecule has 1 fully saturated rings. The number of hydrogen-bond acceptors (Lipinski definition) is 2. The Balaban J connectivity index is 1.77. The minimum atomic E-state index is -0.676. The van der Waals surface area contributed by atoms with E-state index in [9.17, 15) is 4.79 Å². The van der Waals surface area contributed by atoms with Gasteiger partial charge in [0.1, 0.15) is 0 Å². The highest BCUT2D eigenvalue weighted by molar-refractivity contribution is 5.66. The topological polar surface area (TPSA) is 49.8 Å². The number of rotatable bonds is 15. The lowest BCUT2D eigenvalue weighted by Gasteiger charge is -2.00. The van der Waals surface area contributed by atoms with Crippen LogP contribution >= 0.6 is 0 Å². The van der Waals surface area contributed by atoms with Crippen molar-refractivity contribution in [3.63, 3.8) is 0 Å². The van der Waals surface area contributed by atoms with Crippen molar-refractivity contribution in [2.75, 3.05) is 0 Å². The molecule has 0 bridgehead atoms. The molecule has 0 aromatic rings. The molecule has 1 aliphatic heterocycles. The number of ether oxygens (including phenoxy) is 1. The van der Waals surface area contributed by atoms with Crippen molar-refractivity contribution >= 4 is 5.97 Å². The standard InChI is InChI=1S/C18H34O3/c1-2-3-4-5-6-7-8-10-13-16-17(21-16)14-11-9-12-15-18(19)20/h16-17H,2-15H2,1H3,(H,19,20). The molecule has 0 amide bonds. The van der Waals surface area contributed by atoms with Crippen molar-refractivity contribution in [3.05, 3.63) is 0 Å². The van der Waals surface area contributed by atoms with Gasteiger partial charge in [-0.2, -0.15) is 0 Å². The third-order valence-electron chi connectivity index (χ3n) is 4.41. The molecule has 124 valence electrons. The lowest BCUT2D eigenvalue weighted by atomic mass is 10.0. The van der Waals surface area contributed by atoms with Gasteiger partial charge in [0.15, 0.2) is 0 Å². The van der Waals surface area contributed by atoms with Gasteiger partial charge in [0.05, 0.1) is 12.2 Å². The first-order valence-corrected chi connectivity index (χ1v) is 9.11. The number of carbonyl (C=O) groups is 1. The Labute approximate surface area is 130 Å². The van der Waals surface area contributed by atoms with Crippen molar-refractivity contribution in [2.45, 2.75) is 109 Å². The van der Waals surface area contributed by atoms with Crippen LogP contribution in [0.1, 0.15) is 96.8 Å². The van der Waals surface area contributed by atoms with Crippen LogP contribution in [0.4, 0.5) is 0 Å². The van der Waals surface area contributed by atoms with Crippen molar-refractivity contribution < 1.29 is 14.6 Å². The summed E-state index contributed by atoms with van der Waals surface area (Å²) >= 11 is 0. The zero-order chi connectivity index (χ0) is 15.3. The van der Waals surface area contributed by atoms with Gasteiger partial charge in [-0.25, -0.2) is 0 Å². The van der Waals surface area contributed by atoms with E-state index >= 15 is 0 Å². The second-order valence-corrected chi connectivity index (χ2v) is 6.47. The van der Waals surface area contributed by atoms with E-state index in [-0.39, 0.29) is 0 Å². The monoisotopic (exact) mass is 298 g/mol. The van der Waals surface area contributed by atoms with E-state index in [2.05, 4.69) is 6.92 Å². The van der Waals surface area contributed by atoms with Crippen LogP contribution in [0, 0.1) is 0 Å². The summed E-state index contributed by atoms with van der Waals surface area (Å²) in [6, 6.07) is 0. The van der Waals surface area contributed by atoms with Crippen molar-refractivity contribution in [1.82, 2.24) is 0 Å². The highest BCUT2D eigenvalue weighted by atomic mass is 16.6. The fourth-order valence-corrected chi connectivity index (χ4v) is 2.96. The second kappa shape index (κ2) is 12.0. The van der Waals surface area contributed by atoms with Crippen LogP contribution < -0.4 is 0 Å². The van der Waals surface area contributed by atoms with Crippen LogP contribution in [0.15, 0.2) is 0 Å². The molecule has 3 nitrogen and oxygen atoms in total. The van der Waals surface area contributed by atoms with E-state index in [1.165, 1.54) is 57.8 Å². The quantitative estimate of drug-likeness (QED) is 0.329. The molecule has 2 atom stereocenters. The molecule has 3 heteroatoms. The van der Waals surface area contributed by atoms with Gasteiger partial charge in [0.25, 0.3) is 0 Å². The Morgan fingerprint density at radius 3 is 1.81 bits per heavy atom. The Hall–Kier alpha value is -0.570. The normalized spacial score (nSPS) is 20.6. The van der Waals surface area contributed by atoms with E-state index in [1.807, 2.05) is 0 Å². The molecule has 0 spiro atoms. The smallest absolute Gasteiger partial charge is 0.303 e. The minimum absolute atomic E-state index is 0.313. The van der Waals surface area contributed by atoms with Crippen molar-refractivity contribution in [2.24, 2.45) is 0 Å². The summed E-state index contributed by atoms with van der Waals surface area (Å²) in [5.41, 5.74) is 0. The summed E-state index contributed by atoms with van der Waals surface area (Å²) in [6.07, 6.45) is 17.6. The fraction of sp³-hybridized carbons (Fsp3) is 0.944. The van der Waals surface area contributed by atoms with Crippen LogP contribution in [-0.4, -0.2) is 23.3 Å². The largest absolute Gasteiger partial charge is 0.481 e. The second-order valence-electron chi connectivity index (χ2n) is 6.47. The summed E-state index contributed by atoms with van der Waals surface area (Å²) in [4.78, 5) is 10.4. The number of carboxylic acids is 1. The lowest BCUT2D eigenvalue weighted by Crippen LogP contribution is -1.96. The van der Waals surface area contributed by atoms with Crippen LogP contribution in [0.3, 0.4) is 0 Å². The fourth-order valence-electron chi connectivity index (χ4n) is 2.96. The molecule has 1 rings (SSSR count). The Kier molecular flexibility index (Phi) is 10.6. The zero-order valence-corrected chi connectivity index (χ0v) is 13.8. The first-order valence-electron chi connectivity index (χ1n) is 9.11. The molecule has 1 heterocycles. The number of epoxide rings is 1. The van der Waals surface area contributed by atoms with Gasteiger partial charge in [-0.1, -0.05) is 71.1 Å². The highest BCUT2D eigenvalue weighted by Crippen LogP contribution is 2.31. The minimum Gasteiger partial charge on any atom is -0.481 e. The molecule has 0 saturated carbocycles. The molecule has 1 aliphatic rings.